The first-order chi connectivity index (χ1) is 11.1. The van der Waals surface area contributed by atoms with Gasteiger partial charge in [-0.25, -0.2) is 4.79 Å². The van der Waals surface area contributed by atoms with Gasteiger partial charge in [0.1, 0.15) is 4.88 Å². The average molecular weight is 336 g/mol. The maximum absolute atomic E-state index is 13.0. The first-order valence-electron chi connectivity index (χ1n) is 8.37. The summed E-state index contributed by atoms with van der Waals surface area (Å²) in [6.45, 7) is 5.40. The lowest BCUT2D eigenvalue weighted by molar-refractivity contribution is 0.0558. The number of ether oxygens (including phenoxy) is 1. The van der Waals surface area contributed by atoms with Gasteiger partial charge in [-0.15, -0.1) is 11.3 Å². The Bertz CT molecular complexity index is 574. The third-order valence-electron chi connectivity index (χ3n) is 4.78. The maximum atomic E-state index is 13.0. The molecule has 0 spiro atoms. The highest BCUT2D eigenvalue weighted by molar-refractivity contribution is 7.15. The van der Waals surface area contributed by atoms with E-state index in [9.17, 15) is 9.59 Å². The number of carbonyl (C=O) groups is 2. The Hall–Kier alpha value is -1.40. The van der Waals surface area contributed by atoms with Crippen LogP contribution in [0, 0.1) is 0 Å². The average Bonchev–Trinajstić information content (AvgIpc) is 3.29. The van der Waals surface area contributed by atoms with Gasteiger partial charge < -0.3 is 14.5 Å². The van der Waals surface area contributed by atoms with Crippen molar-refractivity contribution in [1.82, 2.24) is 9.80 Å². The minimum Gasteiger partial charge on any atom is -0.465 e. The number of amides is 1. The Morgan fingerprint density at radius 1 is 1.17 bits per heavy atom. The summed E-state index contributed by atoms with van der Waals surface area (Å²) >= 11 is 1.24. The number of hydrogen-bond donors (Lipinski definition) is 0. The fraction of sp³-hybridized carbons (Fsp3) is 0.647. The molecule has 23 heavy (non-hydrogen) atoms. The zero-order chi connectivity index (χ0) is 16.4. The van der Waals surface area contributed by atoms with Crippen LogP contribution in [0.3, 0.4) is 0 Å². The third-order valence-corrected chi connectivity index (χ3v) is 5.83. The summed E-state index contributed by atoms with van der Waals surface area (Å²) < 4.78 is 4.73. The number of esters is 1. The predicted molar refractivity (Wildman–Crippen MR) is 90.0 cm³/mol. The van der Waals surface area contributed by atoms with Gasteiger partial charge in [0.15, 0.2) is 0 Å². The van der Waals surface area contributed by atoms with Crippen LogP contribution < -0.4 is 0 Å². The van der Waals surface area contributed by atoms with Crippen molar-refractivity contribution in [3.05, 3.63) is 21.9 Å². The Balaban J connectivity index is 1.72. The quantitative estimate of drug-likeness (QED) is 0.776. The summed E-state index contributed by atoms with van der Waals surface area (Å²) in [5.41, 5.74) is 0. The van der Waals surface area contributed by atoms with Crippen LogP contribution in [0.5, 0.6) is 0 Å². The summed E-state index contributed by atoms with van der Waals surface area (Å²) in [4.78, 5) is 30.2. The topological polar surface area (TPSA) is 49.9 Å². The number of carbonyl (C=O) groups excluding carboxylic acids is 2. The van der Waals surface area contributed by atoms with Crippen LogP contribution in [0.4, 0.5) is 0 Å². The Kier molecular flexibility index (Phi) is 5.02. The van der Waals surface area contributed by atoms with Crippen LogP contribution >= 0.6 is 11.3 Å². The molecule has 1 saturated heterocycles. The number of rotatable bonds is 5. The molecule has 0 atom stereocenters. The summed E-state index contributed by atoms with van der Waals surface area (Å²) in [7, 11) is 1.36. The standard InChI is InChI=1S/C17H24N2O3S/c1-3-18-10-8-13(9-11-18)19(12-4-5-12)16(20)14-6-7-15(23-14)17(21)22-2/h6-7,12-13H,3-5,8-11H2,1-2H3. The monoisotopic (exact) mass is 336 g/mol. The van der Waals surface area contributed by atoms with Gasteiger partial charge in [-0.05, 0) is 44.4 Å². The van der Waals surface area contributed by atoms with E-state index < -0.39 is 0 Å². The molecule has 1 aliphatic heterocycles. The number of thiophene rings is 1. The Labute approximate surface area is 141 Å². The largest absolute Gasteiger partial charge is 0.465 e. The molecule has 0 aromatic carbocycles. The van der Waals surface area contributed by atoms with Gasteiger partial charge in [-0.1, -0.05) is 6.92 Å². The van der Waals surface area contributed by atoms with Gasteiger partial charge in [-0.2, -0.15) is 0 Å². The van der Waals surface area contributed by atoms with Crippen LogP contribution in [0.15, 0.2) is 12.1 Å². The molecule has 0 N–H and O–H groups in total. The van der Waals surface area contributed by atoms with Crippen molar-refractivity contribution in [3.63, 3.8) is 0 Å². The summed E-state index contributed by atoms with van der Waals surface area (Å²) in [6, 6.07) is 4.18. The van der Waals surface area contributed by atoms with Crippen molar-refractivity contribution in [2.75, 3.05) is 26.7 Å². The molecule has 2 heterocycles. The molecule has 3 rings (SSSR count). The predicted octanol–water partition coefficient (Wildman–Crippen LogP) is 2.62. The van der Waals surface area contributed by atoms with E-state index in [2.05, 4.69) is 16.7 Å². The van der Waals surface area contributed by atoms with Gasteiger partial charge in [-0.3, -0.25) is 4.79 Å². The molecule has 1 aromatic rings. The number of likely N-dealkylation sites (tertiary alicyclic amines) is 1. The van der Waals surface area contributed by atoms with Crippen molar-refractivity contribution in [3.8, 4) is 0 Å². The molecule has 5 nitrogen and oxygen atoms in total. The van der Waals surface area contributed by atoms with Crippen molar-refractivity contribution >= 4 is 23.2 Å². The van der Waals surface area contributed by atoms with Gasteiger partial charge in [0, 0.05) is 25.2 Å². The van der Waals surface area contributed by atoms with Crippen molar-refractivity contribution in [2.24, 2.45) is 0 Å². The van der Waals surface area contributed by atoms with Crippen molar-refractivity contribution in [2.45, 2.75) is 44.7 Å². The molecular weight excluding hydrogens is 312 g/mol. The second kappa shape index (κ2) is 7.01. The van der Waals surface area contributed by atoms with Crippen LogP contribution in [-0.2, 0) is 4.74 Å². The highest BCUT2D eigenvalue weighted by Gasteiger charge is 2.39. The molecule has 2 aliphatic rings. The lowest BCUT2D eigenvalue weighted by Gasteiger charge is -2.38. The van der Waals surface area contributed by atoms with E-state index in [1.54, 1.807) is 12.1 Å². The lowest BCUT2D eigenvalue weighted by atomic mass is 10.0. The smallest absolute Gasteiger partial charge is 0.348 e. The van der Waals surface area contributed by atoms with E-state index >= 15 is 0 Å². The van der Waals surface area contributed by atoms with Crippen LogP contribution in [0.1, 0.15) is 52.0 Å². The normalized spacial score (nSPS) is 19.6. The molecule has 0 radical (unpaired) electrons. The molecule has 1 aromatic heterocycles. The van der Waals surface area contributed by atoms with E-state index in [1.807, 2.05) is 0 Å². The number of nitrogens with zero attached hydrogens (tertiary/aromatic N) is 2. The second-order valence-corrected chi connectivity index (χ2v) is 7.35. The minimum atomic E-state index is -0.372. The summed E-state index contributed by atoms with van der Waals surface area (Å²) in [6.07, 6.45) is 4.31. The Morgan fingerprint density at radius 2 is 1.78 bits per heavy atom. The summed E-state index contributed by atoms with van der Waals surface area (Å²) in [5.74, 6) is -0.286. The number of hydrogen-bond acceptors (Lipinski definition) is 5. The number of methoxy groups -OCH3 is 1. The van der Waals surface area contributed by atoms with E-state index in [0.29, 0.717) is 21.8 Å². The van der Waals surface area contributed by atoms with Crippen LogP contribution in [0.2, 0.25) is 0 Å². The highest BCUT2D eigenvalue weighted by Crippen LogP contribution is 2.34. The molecule has 2 fully saturated rings. The Morgan fingerprint density at radius 3 is 2.35 bits per heavy atom. The molecule has 6 heteroatoms. The van der Waals surface area contributed by atoms with Crippen LogP contribution in [0.25, 0.3) is 0 Å². The first kappa shape index (κ1) is 16.5. The maximum Gasteiger partial charge on any atom is 0.348 e. The molecule has 0 unspecified atom stereocenters. The van der Waals surface area contributed by atoms with Gasteiger partial charge in [0.05, 0.1) is 12.0 Å². The van der Waals surface area contributed by atoms with Gasteiger partial charge in [0.25, 0.3) is 5.91 Å². The zero-order valence-electron chi connectivity index (χ0n) is 13.8. The summed E-state index contributed by atoms with van der Waals surface area (Å²) in [5, 5.41) is 0. The first-order valence-corrected chi connectivity index (χ1v) is 9.18. The van der Waals surface area contributed by atoms with Crippen molar-refractivity contribution < 1.29 is 14.3 Å². The molecule has 1 saturated carbocycles. The molecule has 126 valence electrons. The van der Waals surface area contributed by atoms with E-state index in [0.717, 1.165) is 45.3 Å². The zero-order valence-corrected chi connectivity index (χ0v) is 14.6. The SMILES string of the molecule is CCN1CCC(N(C(=O)c2ccc(C(=O)OC)s2)C2CC2)CC1. The van der Waals surface area contributed by atoms with Gasteiger partial charge >= 0.3 is 5.97 Å². The molecule has 0 bridgehead atoms. The number of piperidine rings is 1. The third kappa shape index (κ3) is 3.58. The molecular formula is C17H24N2O3S. The van der Waals surface area contributed by atoms with Crippen molar-refractivity contribution in [1.29, 1.82) is 0 Å². The van der Waals surface area contributed by atoms with Crippen LogP contribution in [-0.4, -0.2) is 60.5 Å². The fourth-order valence-electron chi connectivity index (χ4n) is 3.29. The molecule has 1 aliphatic carbocycles. The lowest BCUT2D eigenvalue weighted by Crippen LogP contribution is -2.48. The van der Waals surface area contributed by atoms with E-state index in [1.165, 1.54) is 18.4 Å². The minimum absolute atomic E-state index is 0.0857. The second-order valence-electron chi connectivity index (χ2n) is 6.26. The fourth-order valence-corrected chi connectivity index (χ4v) is 4.16. The van der Waals surface area contributed by atoms with Gasteiger partial charge in [0.2, 0.25) is 0 Å². The van der Waals surface area contributed by atoms with E-state index in [-0.39, 0.29) is 11.9 Å². The van der Waals surface area contributed by atoms with E-state index in [4.69, 9.17) is 4.74 Å². The molecule has 1 amide bonds. The highest BCUT2D eigenvalue weighted by atomic mass is 32.1.